The van der Waals surface area contributed by atoms with E-state index in [4.69, 9.17) is 20.8 Å². The van der Waals surface area contributed by atoms with Gasteiger partial charge in [0.2, 0.25) is 5.88 Å². The highest BCUT2D eigenvalue weighted by molar-refractivity contribution is 6.30. The minimum atomic E-state index is 0.419. The highest BCUT2D eigenvalue weighted by Gasteiger charge is 2.11. The molecule has 1 N–H and O–H groups in total. The summed E-state index contributed by atoms with van der Waals surface area (Å²) in [5, 5.41) is 4.73. The molecule has 0 spiro atoms. The van der Waals surface area contributed by atoms with Crippen LogP contribution < -0.4 is 10.1 Å². The summed E-state index contributed by atoms with van der Waals surface area (Å²) < 4.78 is 10.8. The third-order valence-electron chi connectivity index (χ3n) is 3.15. The van der Waals surface area contributed by atoms with Crippen molar-refractivity contribution in [1.82, 2.24) is 4.98 Å². The number of furan rings is 1. The molecule has 5 heteroatoms. The number of rotatable bonds is 5. The number of hydrogen-bond donors (Lipinski definition) is 1. The summed E-state index contributed by atoms with van der Waals surface area (Å²) in [6.45, 7) is 3.11. The molecular formula is C16H15ClN2O2. The van der Waals surface area contributed by atoms with Crippen molar-refractivity contribution >= 4 is 28.3 Å². The van der Waals surface area contributed by atoms with Crippen LogP contribution in [0, 0.1) is 0 Å². The van der Waals surface area contributed by atoms with Gasteiger partial charge in [-0.05, 0) is 30.7 Å². The first-order chi connectivity index (χ1) is 10.3. The lowest BCUT2D eigenvalue weighted by Crippen LogP contribution is -2.00. The largest absolute Gasteiger partial charge is 0.478 e. The number of halogens is 1. The van der Waals surface area contributed by atoms with Crippen molar-refractivity contribution in [3.8, 4) is 5.88 Å². The predicted molar refractivity (Wildman–Crippen MR) is 84.0 cm³/mol. The normalized spacial score (nSPS) is 10.8. The second-order valence-electron chi connectivity index (χ2n) is 4.52. The molecule has 0 atom stereocenters. The van der Waals surface area contributed by atoms with Gasteiger partial charge in [0.1, 0.15) is 5.58 Å². The van der Waals surface area contributed by atoms with Crippen molar-refractivity contribution in [2.24, 2.45) is 0 Å². The van der Waals surface area contributed by atoms with Gasteiger partial charge in [-0.1, -0.05) is 18.2 Å². The molecule has 1 aromatic carbocycles. The average molecular weight is 303 g/mol. The second-order valence-corrected chi connectivity index (χ2v) is 4.87. The Morgan fingerprint density at radius 1 is 1.24 bits per heavy atom. The lowest BCUT2D eigenvalue weighted by atomic mass is 10.2. The topological polar surface area (TPSA) is 47.3 Å². The van der Waals surface area contributed by atoms with E-state index in [-0.39, 0.29) is 0 Å². The minimum absolute atomic E-state index is 0.419. The van der Waals surface area contributed by atoms with Crippen LogP contribution in [0.25, 0.3) is 11.0 Å². The zero-order chi connectivity index (χ0) is 14.7. The number of fused-ring (bicyclic) bond motifs is 1. The summed E-state index contributed by atoms with van der Waals surface area (Å²) in [4.78, 5) is 4.21. The van der Waals surface area contributed by atoms with Crippen molar-refractivity contribution in [3.63, 3.8) is 0 Å². The minimum Gasteiger partial charge on any atom is -0.478 e. The molecule has 0 aliphatic heterocycles. The van der Waals surface area contributed by atoms with E-state index >= 15 is 0 Å². The van der Waals surface area contributed by atoms with Crippen LogP contribution in [-0.4, -0.2) is 11.6 Å². The van der Waals surface area contributed by atoms with Crippen molar-refractivity contribution in [2.75, 3.05) is 11.9 Å². The highest BCUT2D eigenvalue weighted by atomic mass is 35.5. The number of pyridine rings is 1. The van der Waals surface area contributed by atoms with Crippen LogP contribution in [0.1, 0.15) is 12.5 Å². The molecular weight excluding hydrogens is 288 g/mol. The maximum atomic E-state index is 6.16. The molecule has 0 fully saturated rings. The van der Waals surface area contributed by atoms with Crippen LogP contribution in [0.15, 0.2) is 47.0 Å². The Hall–Kier alpha value is -2.20. The standard InChI is InChI=1S/C16H15ClN2O2/c1-2-20-15-8-7-11(9-19-15)18-10-13-12-5-3-4-6-14(12)21-16(13)17/h3-9,18H,2,10H2,1H3. The molecule has 2 aromatic heterocycles. The summed E-state index contributed by atoms with van der Waals surface area (Å²) >= 11 is 6.16. The Kier molecular flexibility index (Phi) is 3.97. The molecule has 0 bridgehead atoms. The van der Waals surface area contributed by atoms with E-state index in [0.717, 1.165) is 22.2 Å². The first kappa shape index (κ1) is 13.8. The Bertz CT molecular complexity index is 738. The average Bonchev–Trinajstić information content (AvgIpc) is 2.82. The van der Waals surface area contributed by atoms with Gasteiger partial charge in [0.15, 0.2) is 5.22 Å². The zero-order valence-electron chi connectivity index (χ0n) is 11.6. The molecule has 2 heterocycles. The number of nitrogens with one attached hydrogen (secondary N) is 1. The molecule has 4 nitrogen and oxygen atoms in total. The monoisotopic (exact) mass is 302 g/mol. The van der Waals surface area contributed by atoms with Crippen LogP contribution >= 0.6 is 11.6 Å². The predicted octanol–water partition coefficient (Wildman–Crippen LogP) is 4.49. The molecule has 0 aliphatic carbocycles. The van der Waals surface area contributed by atoms with Gasteiger partial charge in [0.05, 0.1) is 18.5 Å². The Balaban J connectivity index is 1.75. The van der Waals surface area contributed by atoms with E-state index in [0.29, 0.717) is 24.3 Å². The number of aromatic nitrogens is 1. The van der Waals surface area contributed by atoms with E-state index in [9.17, 15) is 0 Å². The fourth-order valence-electron chi connectivity index (χ4n) is 2.14. The Morgan fingerprint density at radius 3 is 2.86 bits per heavy atom. The third-order valence-corrected chi connectivity index (χ3v) is 3.45. The van der Waals surface area contributed by atoms with Gasteiger partial charge < -0.3 is 14.5 Å². The molecule has 21 heavy (non-hydrogen) atoms. The summed E-state index contributed by atoms with van der Waals surface area (Å²) in [6.07, 6.45) is 1.74. The number of ether oxygens (including phenoxy) is 1. The van der Waals surface area contributed by atoms with Crippen LogP contribution in [0.5, 0.6) is 5.88 Å². The molecule has 0 unspecified atom stereocenters. The Morgan fingerprint density at radius 2 is 2.10 bits per heavy atom. The molecule has 0 saturated heterocycles. The molecule has 3 aromatic rings. The summed E-state index contributed by atoms with van der Waals surface area (Å²) in [7, 11) is 0. The molecule has 0 radical (unpaired) electrons. The summed E-state index contributed by atoms with van der Waals surface area (Å²) in [5.41, 5.74) is 2.64. The SMILES string of the molecule is CCOc1ccc(NCc2c(Cl)oc3ccccc23)cn1. The van der Waals surface area contributed by atoms with Crippen molar-refractivity contribution in [1.29, 1.82) is 0 Å². The van der Waals surface area contributed by atoms with E-state index in [2.05, 4.69) is 10.3 Å². The lowest BCUT2D eigenvalue weighted by molar-refractivity contribution is 0.327. The number of para-hydroxylation sites is 1. The summed E-state index contributed by atoms with van der Waals surface area (Å²) in [6, 6.07) is 11.6. The maximum absolute atomic E-state index is 6.16. The first-order valence-corrected chi connectivity index (χ1v) is 7.14. The number of hydrogen-bond acceptors (Lipinski definition) is 4. The number of nitrogens with zero attached hydrogens (tertiary/aromatic N) is 1. The van der Waals surface area contributed by atoms with Gasteiger partial charge in [-0.2, -0.15) is 0 Å². The summed E-state index contributed by atoms with van der Waals surface area (Å²) in [5.74, 6) is 0.620. The van der Waals surface area contributed by atoms with Crippen molar-refractivity contribution in [2.45, 2.75) is 13.5 Å². The van der Waals surface area contributed by atoms with Crippen molar-refractivity contribution in [3.05, 3.63) is 53.4 Å². The fraction of sp³-hybridized carbons (Fsp3) is 0.188. The van der Waals surface area contributed by atoms with Gasteiger partial charge in [-0.3, -0.25) is 0 Å². The van der Waals surface area contributed by atoms with Gasteiger partial charge >= 0.3 is 0 Å². The molecule has 108 valence electrons. The van der Waals surface area contributed by atoms with Gasteiger partial charge in [-0.15, -0.1) is 0 Å². The highest BCUT2D eigenvalue weighted by Crippen LogP contribution is 2.30. The molecule has 0 amide bonds. The lowest BCUT2D eigenvalue weighted by Gasteiger charge is -2.06. The van der Waals surface area contributed by atoms with E-state index in [1.54, 1.807) is 6.20 Å². The van der Waals surface area contributed by atoms with Gasteiger partial charge in [0.25, 0.3) is 0 Å². The quantitative estimate of drug-likeness (QED) is 0.754. The van der Waals surface area contributed by atoms with Crippen LogP contribution in [-0.2, 0) is 6.54 Å². The van der Waals surface area contributed by atoms with E-state index in [1.165, 1.54) is 0 Å². The molecule has 0 saturated carbocycles. The second kappa shape index (κ2) is 6.06. The van der Waals surface area contributed by atoms with Gasteiger partial charge in [-0.25, -0.2) is 4.98 Å². The molecule has 0 aliphatic rings. The molecule has 3 rings (SSSR count). The fourth-order valence-corrected chi connectivity index (χ4v) is 2.39. The van der Waals surface area contributed by atoms with E-state index < -0.39 is 0 Å². The maximum Gasteiger partial charge on any atom is 0.213 e. The van der Waals surface area contributed by atoms with Crippen LogP contribution in [0.4, 0.5) is 5.69 Å². The number of benzene rings is 1. The Labute approximate surface area is 127 Å². The third kappa shape index (κ3) is 2.95. The van der Waals surface area contributed by atoms with Crippen LogP contribution in [0.3, 0.4) is 0 Å². The smallest absolute Gasteiger partial charge is 0.213 e. The van der Waals surface area contributed by atoms with Crippen LogP contribution in [0.2, 0.25) is 5.22 Å². The van der Waals surface area contributed by atoms with E-state index in [1.807, 2.05) is 43.3 Å². The zero-order valence-corrected chi connectivity index (χ0v) is 12.4. The first-order valence-electron chi connectivity index (χ1n) is 6.76. The number of anilines is 1. The van der Waals surface area contributed by atoms with Gasteiger partial charge in [0, 0.05) is 23.6 Å². The van der Waals surface area contributed by atoms with Crippen molar-refractivity contribution < 1.29 is 9.15 Å².